The molecule has 14 heavy (non-hydrogen) atoms. The third-order valence-electron chi connectivity index (χ3n) is 1.89. The maximum absolute atomic E-state index is 10.7. The fraction of sp³-hybridized carbons (Fsp3) is 0.333. The summed E-state index contributed by atoms with van der Waals surface area (Å²) in [6, 6.07) is 5.30. The zero-order valence-electron chi connectivity index (χ0n) is 8.94. The molecule has 0 amide bonds. The van der Waals surface area contributed by atoms with Gasteiger partial charge >= 0.3 is 37.2 Å². The van der Waals surface area contributed by atoms with Crippen LogP contribution in [-0.4, -0.2) is 14.1 Å². The maximum atomic E-state index is 10.7. The minimum Gasteiger partial charge on any atom is -0.378 e. The Morgan fingerprint density at radius 1 is 1.21 bits per heavy atom. The zero-order chi connectivity index (χ0) is 10.0. The van der Waals surface area contributed by atoms with Crippen molar-refractivity contribution in [3.05, 3.63) is 23.8 Å². The molecule has 1 aromatic rings. The molecule has 70 valence electrons. The molecule has 5 heteroatoms. The molecule has 0 saturated heterocycles. The van der Waals surface area contributed by atoms with Crippen molar-refractivity contribution in [2.45, 2.75) is 6.92 Å². The quantitative estimate of drug-likeness (QED) is 0.467. The number of nitrogens with zero attached hydrogens (tertiary/aromatic N) is 1. The first-order valence-electron chi connectivity index (χ1n) is 3.94. The van der Waals surface area contributed by atoms with Crippen LogP contribution in [0.3, 0.4) is 0 Å². The Bertz CT molecular complexity index is 380. The Morgan fingerprint density at radius 2 is 1.79 bits per heavy atom. The molecule has 0 bridgehead atoms. The second-order valence-corrected chi connectivity index (χ2v) is 4.12. The van der Waals surface area contributed by atoms with Crippen LogP contribution in [0.5, 0.6) is 0 Å². The van der Waals surface area contributed by atoms with Crippen LogP contribution in [0.15, 0.2) is 18.2 Å². The molecule has 0 aliphatic rings. The normalized spacial score (nSPS) is 9.07. The summed E-state index contributed by atoms with van der Waals surface area (Å²) in [4.78, 5) is 1.94. The molecule has 0 saturated carbocycles. The van der Waals surface area contributed by atoms with E-state index < -0.39 is 7.68 Å². The van der Waals surface area contributed by atoms with Crippen molar-refractivity contribution in [1.29, 1.82) is 0 Å². The molecule has 0 unspecified atom stereocenters. The second-order valence-electron chi connectivity index (χ2n) is 3.12. The summed E-state index contributed by atoms with van der Waals surface area (Å²) in [5.41, 5.74) is 1.81. The van der Waals surface area contributed by atoms with Gasteiger partial charge in [0, 0.05) is 19.8 Å². The molecule has 0 radical (unpaired) electrons. The Balaban J connectivity index is 0.00000169. The first-order chi connectivity index (χ1) is 6.02. The van der Waals surface area contributed by atoms with E-state index in [2.05, 4.69) is 0 Å². The number of aryl methyl sites for hydroxylation is 1. The molecule has 3 nitrogen and oxygen atoms in total. The number of benzene rings is 1. The van der Waals surface area contributed by atoms with Crippen molar-refractivity contribution in [3.63, 3.8) is 0 Å². The van der Waals surface area contributed by atoms with Crippen LogP contribution in [0, 0.1) is 6.92 Å². The third-order valence-corrected chi connectivity index (χ3v) is 2.79. The topological polar surface area (TPSA) is 37.4 Å². The first-order valence-corrected chi connectivity index (χ1v) is 5.12. The van der Waals surface area contributed by atoms with Crippen molar-refractivity contribution < 1.29 is 38.7 Å². The predicted octanol–water partition coefficient (Wildman–Crippen LogP) is -1.14. The van der Waals surface area contributed by atoms with E-state index in [-0.39, 0.29) is 29.6 Å². The van der Waals surface area contributed by atoms with Crippen LogP contribution in [0.1, 0.15) is 5.56 Å². The van der Waals surface area contributed by atoms with Gasteiger partial charge in [-0.1, -0.05) is 0 Å². The van der Waals surface area contributed by atoms with Gasteiger partial charge in [-0.25, -0.2) is 9.13 Å². The van der Waals surface area contributed by atoms with Gasteiger partial charge < -0.3 is 4.90 Å². The van der Waals surface area contributed by atoms with E-state index in [1.54, 1.807) is 19.1 Å². The number of hydrogen-bond acceptors (Lipinski definition) is 3. The van der Waals surface area contributed by atoms with Gasteiger partial charge in [-0.2, -0.15) is 0 Å². The smallest absolute Gasteiger partial charge is 0.378 e. The number of hydrogen-bond donors (Lipinski definition) is 0. The van der Waals surface area contributed by atoms with Crippen LogP contribution < -0.4 is 39.8 Å². The molecule has 0 aliphatic heterocycles. The number of rotatable bonds is 2. The fourth-order valence-corrected chi connectivity index (χ4v) is 1.67. The Labute approximate surface area is 107 Å². The minimum absolute atomic E-state index is 0. The Hall–Kier alpha value is -0.0800. The SMILES string of the molecule is Cc1cc(N(C)C)ccc1P(=O)=O.[Na+]. The molecular formula is C9H12NNaO2P+. The monoisotopic (exact) mass is 220 g/mol. The summed E-state index contributed by atoms with van der Waals surface area (Å²) >= 11 is 0. The first kappa shape index (κ1) is 13.9. The van der Waals surface area contributed by atoms with Crippen molar-refractivity contribution in [2.75, 3.05) is 19.0 Å². The van der Waals surface area contributed by atoms with Gasteiger partial charge in [-0.15, -0.1) is 0 Å². The van der Waals surface area contributed by atoms with E-state index in [0.29, 0.717) is 5.30 Å². The van der Waals surface area contributed by atoms with E-state index in [1.165, 1.54) is 0 Å². The van der Waals surface area contributed by atoms with Crippen LogP contribution in [0.2, 0.25) is 0 Å². The molecular weight excluding hydrogens is 208 g/mol. The van der Waals surface area contributed by atoms with Crippen molar-refractivity contribution >= 4 is 18.7 Å². The summed E-state index contributed by atoms with van der Waals surface area (Å²) in [6.07, 6.45) is 0. The summed E-state index contributed by atoms with van der Waals surface area (Å²) in [5, 5.41) is 0.403. The van der Waals surface area contributed by atoms with E-state index >= 15 is 0 Å². The van der Waals surface area contributed by atoms with Gasteiger partial charge in [0.2, 0.25) is 0 Å². The van der Waals surface area contributed by atoms with Crippen molar-refractivity contribution in [2.24, 2.45) is 0 Å². The third kappa shape index (κ3) is 3.25. The van der Waals surface area contributed by atoms with Crippen LogP contribution in [0.25, 0.3) is 0 Å². The Kier molecular flexibility index (Phi) is 5.68. The van der Waals surface area contributed by atoms with Crippen LogP contribution in [0.4, 0.5) is 5.69 Å². The summed E-state index contributed by atoms with van der Waals surface area (Å²) < 4.78 is 21.5. The predicted molar refractivity (Wildman–Crippen MR) is 53.4 cm³/mol. The summed E-state index contributed by atoms with van der Waals surface area (Å²) in [7, 11) is 1.38. The van der Waals surface area contributed by atoms with E-state index in [9.17, 15) is 9.13 Å². The van der Waals surface area contributed by atoms with Gasteiger partial charge in [0.1, 0.15) is 0 Å². The maximum Gasteiger partial charge on any atom is 1.00 e. The van der Waals surface area contributed by atoms with Gasteiger partial charge in [0.15, 0.2) is 0 Å². The minimum atomic E-state index is -2.47. The number of anilines is 1. The van der Waals surface area contributed by atoms with Gasteiger partial charge in [0.05, 0.1) is 5.30 Å². The largest absolute Gasteiger partial charge is 1.00 e. The van der Waals surface area contributed by atoms with E-state index in [4.69, 9.17) is 0 Å². The van der Waals surface area contributed by atoms with E-state index in [0.717, 1.165) is 11.3 Å². The molecule has 1 rings (SSSR count). The fourth-order valence-electron chi connectivity index (χ4n) is 1.12. The van der Waals surface area contributed by atoms with Gasteiger partial charge in [-0.05, 0) is 30.7 Å². The molecule has 0 fully saturated rings. The molecule has 0 heterocycles. The Morgan fingerprint density at radius 3 is 2.14 bits per heavy atom. The van der Waals surface area contributed by atoms with Gasteiger partial charge in [-0.3, -0.25) is 0 Å². The van der Waals surface area contributed by atoms with Crippen molar-refractivity contribution in [1.82, 2.24) is 0 Å². The molecule has 0 aliphatic carbocycles. The second kappa shape index (κ2) is 5.72. The van der Waals surface area contributed by atoms with Crippen molar-refractivity contribution in [3.8, 4) is 0 Å². The van der Waals surface area contributed by atoms with Gasteiger partial charge in [0.25, 0.3) is 0 Å². The molecule has 0 spiro atoms. The summed E-state index contributed by atoms with van der Waals surface area (Å²) in [5.74, 6) is 0. The molecule has 0 N–H and O–H groups in total. The molecule has 0 aromatic heterocycles. The standard InChI is InChI=1S/C9H12NO2P.Na/c1-7-6-8(10(2)3)4-5-9(7)13(11)12;/h4-6H,1-3H3;/q;+1. The summed E-state index contributed by atoms with van der Waals surface area (Å²) in [6.45, 7) is 1.80. The van der Waals surface area contributed by atoms with E-state index in [1.807, 2.05) is 25.1 Å². The average molecular weight is 220 g/mol. The molecule has 0 atom stereocenters. The zero-order valence-corrected chi connectivity index (χ0v) is 11.8. The van der Waals surface area contributed by atoms with Crippen LogP contribution >= 0.6 is 7.68 Å². The van der Waals surface area contributed by atoms with Crippen LogP contribution in [-0.2, 0) is 9.13 Å². The average Bonchev–Trinajstić information content (AvgIpc) is 2.03. The molecule has 1 aromatic carbocycles.